The van der Waals surface area contributed by atoms with Crippen LogP contribution < -0.4 is 0 Å². The lowest BCUT2D eigenvalue weighted by atomic mass is 9.91. The Morgan fingerprint density at radius 3 is 2.07 bits per heavy atom. The van der Waals surface area contributed by atoms with E-state index in [9.17, 15) is 9.59 Å². The van der Waals surface area contributed by atoms with Crippen LogP contribution in [0, 0.1) is 0 Å². The molecule has 0 unspecified atom stereocenters. The third kappa shape index (κ3) is 2.25. The van der Waals surface area contributed by atoms with E-state index in [1.807, 2.05) is 6.92 Å². The third-order valence-electron chi connectivity index (χ3n) is 2.71. The van der Waals surface area contributed by atoms with Crippen molar-refractivity contribution in [1.82, 2.24) is 4.90 Å². The van der Waals surface area contributed by atoms with Crippen molar-refractivity contribution in [2.45, 2.75) is 45.6 Å². The number of carboxylic acids is 1. The lowest BCUT2D eigenvalue weighted by Crippen LogP contribution is -2.53. The first-order chi connectivity index (χ1) is 6.58. The van der Waals surface area contributed by atoms with Gasteiger partial charge in [0.05, 0.1) is 0 Å². The maximum Gasteiger partial charge on any atom is 0.329 e. The first-order valence-electron chi connectivity index (χ1n) is 5.04. The highest BCUT2D eigenvalue weighted by molar-refractivity contribution is 5.81. The standard InChI is InChI=1S/C10H19NO3/c1-4-7-11(8-12)10(5-2,6-3)9(13)14/h8H,4-7H2,1-3H3,(H,13,14). The van der Waals surface area contributed by atoms with Crippen molar-refractivity contribution in [3.63, 3.8) is 0 Å². The van der Waals surface area contributed by atoms with Crippen LogP contribution in [0.25, 0.3) is 0 Å². The van der Waals surface area contributed by atoms with Crippen LogP contribution in [0.2, 0.25) is 0 Å². The number of carboxylic acid groups (broad SMARTS) is 1. The van der Waals surface area contributed by atoms with Gasteiger partial charge in [0.25, 0.3) is 0 Å². The smallest absolute Gasteiger partial charge is 0.329 e. The minimum Gasteiger partial charge on any atom is -0.479 e. The molecule has 0 spiro atoms. The normalized spacial score (nSPS) is 11.1. The number of aliphatic carboxylic acids is 1. The van der Waals surface area contributed by atoms with Crippen molar-refractivity contribution in [2.24, 2.45) is 0 Å². The van der Waals surface area contributed by atoms with Gasteiger partial charge in [-0.05, 0) is 19.3 Å². The molecule has 4 nitrogen and oxygen atoms in total. The number of amides is 1. The fourth-order valence-corrected chi connectivity index (χ4v) is 1.69. The minimum atomic E-state index is -1.02. The molecule has 0 atom stereocenters. The molecular weight excluding hydrogens is 182 g/mol. The predicted molar refractivity (Wildman–Crippen MR) is 54.0 cm³/mol. The second kappa shape index (κ2) is 5.62. The molecule has 0 heterocycles. The van der Waals surface area contributed by atoms with E-state index in [1.165, 1.54) is 4.90 Å². The molecule has 0 aliphatic rings. The average molecular weight is 201 g/mol. The molecule has 1 N–H and O–H groups in total. The van der Waals surface area contributed by atoms with Crippen molar-refractivity contribution in [3.05, 3.63) is 0 Å². The van der Waals surface area contributed by atoms with Gasteiger partial charge in [-0.2, -0.15) is 0 Å². The molecular formula is C10H19NO3. The number of carbonyl (C=O) groups excluding carboxylic acids is 1. The van der Waals surface area contributed by atoms with Crippen LogP contribution >= 0.6 is 0 Å². The van der Waals surface area contributed by atoms with Gasteiger partial charge in [-0.15, -0.1) is 0 Å². The minimum absolute atomic E-state index is 0.442. The zero-order chi connectivity index (χ0) is 11.2. The summed E-state index contributed by atoms with van der Waals surface area (Å²) in [6.07, 6.45) is 2.30. The lowest BCUT2D eigenvalue weighted by Gasteiger charge is -2.36. The van der Waals surface area contributed by atoms with Gasteiger partial charge in [0.15, 0.2) is 0 Å². The summed E-state index contributed by atoms with van der Waals surface area (Å²) in [6.45, 7) is 6.01. The van der Waals surface area contributed by atoms with Crippen LogP contribution in [0.3, 0.4) is 0 Å². The lowest BCUT2D eigenvalue weighted by molar-refractivity contribution is -0.156. The molecule has 1 amide bonds. The topological polar surface area (TPSA) is 57.6 Å². The van der Waals surface area contributed by atoms with Gasteiger partial charge in [0.2, 0.25) is 6.41 Å². The Morgan fingerprint density at radius 2 is 1.86 bits per heavy atom. The molecule has 0 aliphatic heterocycles. The molecule has 0 saturated heterocycles. The van der Waals surface area contributed by atoms with Gasteiger partial charge in [-0.3, -0.25) is 4.79 Å². The number of nitrogens with zero attached hydrogens (tertiary/aromatic N) is 1. The molecule has 0 rings (SSSR count). The Hall–Kier alpha value is -1.06. The van der Waals surface area contributed by atoms with Gasteiger partial charge in [-0.25, -0.2) is 4.79 Å². The van der Waals surface area contributed by atoms with Crippen molar-refractivity contribution in [3.8, 4) is 0 Å². The summed E-state index contributed by atoms with van der Waals surface area (Å²) < 4.78 is 0. The van der Waals surface area contributed by atoms with Gasteiger partial charge in [0, 0.05) is 6.54 Å². The fourth-order valence-electron chi connectivity index (χ4n) is 1.69. The highest BCUT2D eigenvalue weighted by Crippen LogP contribution is 2.23. The Morgan fingerprint density at radius 1 is 1.36 bits per heavy atom. The van der Waals surface area contributed by atoms with Gasteiger partial charge in [0.1, 0.15) is 5.54 Å². The van der Waals surface area contributed by atoms with Crippen LogP contribution in [0.15, 0.2) is 0 Å². The van der Waals surface area contributed by atoms with Crippen LogP contribution in [-0.4, -0.2) is 34.5 Å². The van der Waals surface area contributed by atoms with E-state index in [2.05, 4.69) is 0 Å². The van der Waals surface area contributed by atoms with E-state index in [0.717, 1.165) is 6.42 Å². The SMILES string of the molecule is CCCN(C=O)C(CC)(CC)C(=O)O. The highest BCUT2D eigenvalue weighted by atomic mass is 16.4. The summed E-state index contributed by atoms with van der Waals surface area (Å²) in [5.74, 6) is -0.914. The first-order valence-corrected chi connectivity index (χ1v) is 5.04. The van der Waals surface area contributed by atoms with E-state index in [0.29, 0.717) is 25.8 Å². The summed E-state index contributed by atoms with van der Waals surface area (Å²) in [5, 5.41) is 9.15. The van der Waals surface area contributed by atoms with Crippen molar-refractivity contribution in [2.75, 3.05) is 6.54 Å². The molecule has 0 aromatic carbocycles. The third-order valence-corrected chi connectivity index (χ3v) is 2.71. The van der Waals surface area contributed by atoms with Gasteiger partial charge in [-0.1, -0.05) is 20.8 Å². The first kappa shape index (κ1) is 12.9. The maximum atomic E-state index is 11.2. The van der Waals surface area contributed by atoms with E-state index in [1.54, 1.807) is 13.8 Å². The molecule has 0 aromatic rings. The summed E-state index contributed by atoms with van der Waals surface area (Å²) in [6, 6.07) is 0. The van der Waals surface area contributed by atoms with E-state index >= 15 is 0 Å². The molecule has 0 fully saturated rings. The number of hydrogen-bond donors (Lipinski definition) is 1. The summed E-state index contributed by atoms with van der Waals surface area (Å²) in [7, 11) is 0. The van der Waals surface area contributed by atoms with Crippen LogP contribution in [0.1, 0.15) is 40.0 Å². The quantitative estimate of drug-likeness (QED) is 0.635. The van der Waals surface area contributed by atoms with Gasteiger partial charge < -0.3 is 10.0 Å². The molecule has 14 heavy (non-hydrogen) atoms. The summed E-state index contributed by atoms with van der Waals surface area (Å²) in [5.41, 5.74) is -1.02. The Bertz CT molecular complexity index is 200. The second-order valence-electron chi connectivity index (χ2n) is 3.34. The maximum absolute atomic E-state index is 11.2. The highest BCUT2D eigenvalue weighted by Gasteiger charge is 2.40. The summed E-state index contributed by atoms with van der Waals surface area (Å²) >= 11 is 0. The van der Waals surface area contributed by atoms with Gasteiger partial charge >= 0.3 is 5.97 Å². The molecule has 82 valence electrons. The fraction of sp³-hybridized carbons (Fsp3) is 0.800. The zero-order valence-corrected chi connectivity index (χ0v) is 9.12. The second-order valence-corrected chi connectivity index (χ2v) is 3.34. The number of hydrogen-bond acceptors (Lipinski definition) is 2. The average Bonchev–Trinajstić information content (AvgIpc) is 2.18. The Labute approximate surface area is 84.9 Å². The van der Waals surface area contributed by atoms with E-state index in [-0.39, 0.29) is 0 Å². The van der Waals surface area contributed by atoms with Crippen molar-refractivity contribution < 1.29 is 14.7 Å². The molecule has 0 radical (unpaired) electrons. The molecule has 0 aromatic heterocycles. The Balaban J connectivity index is 4.92. The predicted octanol–water partition coefficient (Wildman–Crippen LogP) is 1.50. The van der Waals surface area contributed by atoms with Crippen molar-refractivity contribution >= 4 is 12.4 Å². The van der Waals surface area contributed by atoms with Crippen molar-refractivity contribution in [1.29, 1.82) is 0 Å². The van der Waals surface area contributed by atoms with E-state index in [4.69, 9.17) is 5.11 Å². The zero-order valence-electron chi connectivity index (χ0n) is 9.12. The largest absolute Gasteiger partial charge is 0.479 e. The molecule has 0 bridgehead atoms. The monoisotopic (exact) mass is 201 g/mol. The van der Waals surface area contributed by atoms with Crippen LogP contribution in [-0.2, 0) is 9.59 Å². The Kier molecular flexibility index (Phi) is 5.20. The molecule has 0 aliphatic carbocycles. The summed E-state index contributed by atoms with van der Waals surface area (Å²) in [4.78, 5) is 23.4. The molecule has 0 saturated carbocycles. The molecule has 4 heteroatoms. The van der Waals surface area contributed by atoms with E-state index < -0.39 is 11.5 Å². The number of carbonyl (C=O) groups is 2. The van der Waals surface area contributed by atoms with Crippen LogP contribution in [0.5, 0.6) is 0 Å². The van der Waals surface area contributed by atoms with Crippen LogP contribution in [0.4, 0.5) is 0 Å². The number of rotatable bonds is 7.